The number of esters is 2. The van der Waals surface area contributed by atoms with Gasteiger partial charge in [0.25, 0.3) is 0 Å². The van der Waals surface area contributed by atoms with Gasteiger partial charge in [-0.3, -0.25) is 0 Å². The van der Waals surface area contributed by atoms with E-state index in [4.69, 9.17) is 9.47 Å². The highest BCUT2D eigenvalue weighted by Crippen LogP contribution is 2.36. The predicted molar refractivity (Wildman–Crippen MR) is 75.9 cm³/mol. The van der Waals surface area contributed by atoms with Crippen molar-refractivity contribution < 1.29 is 19.1 Å². The van der Waals surface area contributed by atoms with Gasteiger partial charge in [-0.1, -0.05) is 20.7 Å². The number of carbonyl (C=O) groups excluding carboxylic acids is 2. The van der Waals surface area contributed by atoms with Gasteiger partial charge in [0.15, 0.2) is 11.4 Å². The summed E-state index contributed by atoms with van der Waals surface area (Å²) in [7, 11) is 0. The molecule has 8 nitrogen and oxygen atoms in total. The zero-order valence-electron chi connectivity index (χ0n) is 11.1. The fourth-order valence-electron chi connectivity index (χ4n) is 1.23. The van der Waals surface area contributed by atoms with Gasteiger partial charge in [-0.05, 0) is 36.9 Å². The van der Waals surface area contributed by atoms with Crippen LogP contribution in [-0.2, 0) is 9.47 Å². The highest BCUT2D eigenvalue weighted by molar-refractivity contribution is 8.02. The van der Waals surface area contributed by atoms with Crippen molar-refractivity contribution in [3.63, 3.8) is 0 Å². The lowest BCUT2D eigenvalue weighted by Gasteiger charge is -2.01. The molecule has 21 heavy (non-hydrogen) atoms. The van der Waals surface area contributed by atoms with Crippen molar-refractivity contribution in [3.8, 4) is 0 Å². The summed E-state index contributed by atoms with van der Waals surface area (Å²) in [5.74, 6) is -1.10. The third-order valence-corrected chi connectivity index (χ3v) is 4.79. The maximum atomic E-state index is 11.7. The van der Waals surface area contributed by atoms with E-state index in [1.807, 2.05) is 0 Å². The van der Waals surface area contributed by atoms with Gasteiger partial charge in [0, 0.05) is 0 Å². The summed E-state index contributed by atoms with van der Waals surface area (Å²) in [6.45, 7) is 3.90. The van der Waals surface area contributed by atoms with Crippen molar-refractivity contribution in [2.75, 3.05) is 13.2 Å². The molecule has 0 spiro atoms. The van der Waals surface area contributed by atoms with Crippen molar-refractivity contribution in [2.24, 2.45) is 0 Å². The van der Waals surface area contributed by atoms with Crippen LogP contribution in [0.25, 0.3) is 0 Å². The molecule has 2 heterocycles. The first-order valence-corrected chi connectivity index (χ1v) is 8.20. The molecule has 0 aromatic carbocycles. The highest BCUT2D eigenvalue weighted by Gasteiger charge is 2.24. The fraction of sp³-hybridized carbons (Fsp3) is 0.400. The molecule has 0 aliphatic rings. The number of hydrogen-bond acceptors (Lipinski definition) is 11. The van der Waals surface area contributed by atoms with Crippen molar-refractivity contribution in [1.29, 1.82) is 0 Å². The molecule has 0 radical (unpaired) electrons. The SMILES string of the molecule is CCOC(=O)c1nnsc1Sc1snnc1C(=O)OCC. The number of ether oxygens (including phenoxy) is 2. The minimum atomic E-state index is -0.552. The average molecular weight is 346 g/mol. The minimum Gasteiger partial charge on any atom is -0.461 e. The first-order valence-electron chi connectivity index (χ1n) is 5.84. The van der Waals surface area contributed by atoms with Crippen LogP contribution in [0.15, 0.2) is 8.42 Å². The van der Waals surface area contributed by atoms with Crippen LogP contribution in [0.3, 0.4) is 0 Å². The maximum Gasteiger partial charge on any atom is 0.361 e. The van der Waals surface area contributed by atoms with Crippen LogP contribution < -0.4 is 0 Å². The molecule has 11 heteroatoms. The van der Waals surface area contributed by atoms with Crippen LogP contribution in [0.1, 0.15) is 34.8 Å². The summed E-state index contributed by atoms with van der Waals surface area (Å²) >= 11 is 3.22. The van der Waals surface area contributed by atoms with E-state index >= 15 is 0 Å². The molecule has 0 unspecified atom stereocenters. The average Bonchev–Trinajstić information content (AvgIpc) is 3.09. The lowest BCUT2D eigenvalue weighted by atomic mass is 10.5. The zero-order chi connectivity index (χ0) is 15.2. The highest BCUT2D eigenvalue weighted by atomic mass is 32.2. The molecule has 0 saturated heterocycles. The van der Waals surface area contributed by atoms with Crippen molar-refractivity contribution in [1.82, 2.24) is 19.2 Å². The Morgan fingerprint density at radius 1 is 0.952 bits per heavy atom. The van der Waals surface area contributed by atoms with Gasteiger partial charge < -0.3 is 9.47 Å². The molecule has 2 rings (SSSR count). The van der Waals surface area contributed by atoms with E-state index in [1.54, 1.807) is 13.8 Å². The van der Waals surface area contributed by atoms with Gasteiger partial charge in [0.1, 0.15) is 8.42 Å². The van der Waals surface area contributed by atoms with E-state index in [9.17, 15) is 9.59 Å². The summed E-state index contributed by atoms with van der Waals surface area (Å²) in [6.07, 6.45) is 0. The van der Waals surface area contributed by atoms with E-state index < -0.39 is 11.9 Å². The second-order valence-electron chi connectivity index (χ2n) is 3.36. The van der Waals surface area contributed by atoms with Crippen LogP contribution in [0, 0.1) is 0 Å². The predicted octanol–water partition coefficient (Wildman–Crippen LogP) is 1.89. The normalized spacial score (nSPS) is 10.4. The molecule has 0 amide bonds. The van der Waals surface area contributed by atoms with Gasteiger partial charge in [-0.15, -0.1) is 10.2 Å². The summed E-state index contributed by atoms with van der Waals surface area (Å²) in [5.41, 5.74) is 0.241. The summed E-state index contributed by atoms with van der Waals surface area (Å²) in [4.78, 5) is 23.5. The molecule has 0 aliphatic carbocycles. The molecule has 0 N–H and O–H groups in total. The molecular weight excluding hydrogens is 336 g/mol. The molecule has 112 valence electrons. The monoisotopic (exact) mass is 346 g/mol. The standard InChI is InChI=1S/C10H10N4O4S3/c1-3-17-7(15)5-9(20-13-11-5)19-10-6(12-14-21-10)8(16)18-4-2/h3-4H2,1-2H3. The van der Waals surface area contributed by atoms with Crippen LogP contribution in [0.2, 0.25) is 0 Å². The second-order valence-corrected chi connectivity index (χ2v) is 6.41. The second kappa shape index (κ2) is 7.43. The molecule has 0 atom stereocenters. The van der Waals surface area contributed by atoms with Gasteiger partial charge in [-0.25, -0.2) is 9.59 Å². The Balaban J connectivity index is 2.20. The third-order valence-electron chi connectivity index (χ3n) is 2.04. The lowest BCUT2D eigenvalue weighted by molar-refractivity contribution is 0.0507. The largest absolute Gasteiger partial charge is 0.461 e. The third kappa shape index (κ3) is 3.74. The maximum absolute atomic E-state index is 11.7. The van der Waals surface area contributed by atoms with E-state index in [1.165, 1.54) is 0 Å². The van der Waals surface area contributed by atoms with E-state index in [2.05, 4.69) is 19.2 Å². The number of hydrogen-bond donors (Lipinski definition) is 0. The van der Waals surface area contributed by atoms with Crippen LogP contribution >= 0.6 is 34.8 Å². The number of aromatic nitrogens is 4. The molecule has 2 aromatic rings. The van der Waals surface area contributed by atoms with Gasteiger partial charge in [0.2, 0.25) is 0 Å². The molecule has 0 saturated carbocycles. The van der Waals surface area contributed by atoms with Gasteiger partial charge in [0.05, 0.1) is 13.2 Å². The van der Waals surface area contributed by atoms with Gasteiger partial charge in [-0.2, -0.15) is 0 Å². The topological polar surface area (TPSA) is 104 Å². The Bertz CT molecular complexity index is 588. The molecular formula is C10H10N4O4S3. The van der Waals surface area contributed by atoms with E-state index in [0.717, 1.165) is 34.8 Å². The number of carbonyl (C=O) groups is 2. The summed E-state index contributed by atoms with van der Waals surface area (Å²) < 4.78 is 18.3. The number of rotatable bonds is 6. The minimum absolute atomic E-state index is 0.120. The Kier molecular flexibility index (Phi) is 5.59. The van der Waals surface area contributed by atoms with E-state index in [-0.39, 0.29) is 24.6 Å². The van der Waals surface area contributed by atoms with Gasteiger partial charge >= 0.3 is 11.9 Å². The summed E-state index contributed by atoms with van der Waals surface area (Å²) in [6, 6.07) is 0. The van der Waals surface area contributed by atoms with Crippen LogP contribution in [-0.4, -0.2) is 44.3 Å². The smallest absolute Gasteiger partial charge is 0.361 e. The molecule has 0 aliphatic heterocycles. The van der Waals surface area contributed by atoms with Crippen molar-refractivity contribution in [2.45, 2.75) is 22.3 Å². The molecule has 2 aromatic heterocycles. The zero-order valence-corrected chi connectivity index (χ0v) is 13.5. The Hall–Kier alpha value is -1.59. The Morgan fingerprint density at radius 2 is 1.38 bits per heavy atom. The van der Waals surface area contributed by atoms with Crippen LogP contribution in [0.5, 0.6) is 0 Å². The quantitative estimate of drug-likeness (QED) is 0.725. The first-order chi connectivity index (χ1) is 10.2. The molecule has 0 fully saturated rings. The lowest BCUT2D eigenvalue weighted by Crippen LogP contribution is -2.07. The van der Waals surface area contributed by atoms with E-state index in [0.29, 0.717) is 8.42 Å². The molecule has 0 bridgehead atoms. The van der Waals surface area contributed by atoms with Crippen molar-refractivity contribution in [3.05, 3.63) is 11.4 Å². The van der Waals surface area contributed by atoms with Crippen molar-refractivity contribution >= 4 is 46.8 Å². The fourth-order valence-corrected chi connectivity index (χ4v) is 3.81. The van der Waals surface area contributed by atoms with Crippen LogP contribution in [0.4, 0.5) is 0 Å². The Labute approximate surface area is 132 Å². The summed E-state index contributed by atoms with van der Waals surface area (Å²) in [5, 5.41) is 7.49. The Morgan fingerprint density at radius 3 is 1.76 bits per heavy atom. The first kappa shape index (κ1) is 15.8. The number of nitrogens with zero attached hydrogens (tertiary/aromatic N) is 4.